The third kappa shape index (κ3) is 2.91. The molecule has 2 aromatic carbocycles. The summed E-state index contributed by atoms with van der Waals surface area (Å²) in [6, 6.07) is 20.6. The van der Waals surface area contributed by atoms with Gasteiger partial charge in [0.1, 0.15) is 5.69 Å². The van der Waals surface area contributed by atoms with E-state index in [2.05, 4.69) is 5.16 Å². The molecular formula is C16H12FNOS. The van der Waals surface area contributed by atoms with Crippen LogP contribution in [0.1, 0.15) is 11.3 Å². The lowest BCUT2D eigenvalue weighted by Crippen LogP contribution is -1.82. The van der Waals surface area contributed by atoms with Crippen molar-refractivity contribution in [3.05, 3.63) is 72.5 Å². The van der Waals surface area contributed by atoms with Gasteiger partial charge in [-0.15, -0.1) is 0 Å². The fourth-order valence-electron chi connectivity index (χ4n) is 1.82. The summed E-state index contributed by atoms with van der Waals surface area (Å²) >= 11 is 1.10. The highest BCUT2D eigenvalue weighted by Crippen LogP contribution is 2.37. The van der Waals surface area contributed by atoms with Gasteiger partial charge in [-0.25, -0.2) is 4.39 Å². The lowest BCUT2D eigenvalue weighted by Gasteiger charge is -2.03. The Morgan fingerprint density at radius 3 is 2.30 bits per heavy atom. The summed E-state index contributed by atoms with van der Waals surface area (Å²) in [6.45, 7) is 0. The summed E-state index contributed by atoms with van der Waals surface area (Å²) in [6.07, 6.45) is 0. The molecule has 20 heavy (non-hydrogen) atoms. The SMILES string of the molecule is FC(Sc1ccccc1)c1cc(-c2ccccc2)no1. The highest BCUT2D eigenvalue weighted by Gasteiger charge is 2.18. The molecule has 0 aliphatic rings. The summed E-state index contributed by atoms with van der Waals surface area (Å²) in [7, 11) is 0. The van der Waals surface area contributed by atoms with Gasteiger partial charge >= 0.3 is 0 Å². The molecule has 0 bridgehead atoms. The number of benzene rings is 2. The Balaban J connectivity index is 1.77. The molecule has 0 spiro atoms. The minimum Gasteiger partial charge on any atom is -0.357 e. The fraction of sp³-hybridized carbons (Fsp3) is 0.0625. The van der Waals surface area contributed by atoms with E-state index in [0.717, 1.165) is 22.2 Å². The number of halogens is 1. The zero-order valence-corrected chi connectivity index (χ0v) is 11.4. The van der Waals surface area contributed by atoms with Crippen molar-refractivity contribution in [1.29, 1.82) is 0 Å². The van der Waals surface area contributed by atoms with Crippen LogP contribution in [-0.4, -0.2) is 5.16 Å². The van der Waals surface area contributed by atoms with Crippen molar-refractivity contribution in [3.8, 4) is 11.3 Å². The standard InChI is InChI=1S/C16H12FNOS/c17-16(20-13-9-5-2-6-10-13)15-11-14(18-19-15)12-7-3-1-4-8-12/h1-11,16H. The van der Waals surface area contributed by atoms with Crippen LogP contribution in [0.4, 0.5) is 4.39 Å². The monoisotopic (exact) mass is 285 g/mol. The van der Waals surface area contributed by atoms with E-state index in [0.29, 0.717) is 5.69 Å². The first-order valence-electron chi connectivity index (χ1n) is 6.21. The summed E-state index contributed by atoms with van der Waals surface area (Å²) in [5.74, 6) is 0.234. The van der Waals surface area contributed by atoms with Crippen molar-refractivity contribution in [2.45, 2.75) is 10.4 Å². The Labute approximate surface area is 120 Å². The minimum atomic E-state index is -1.26. The molecule has 100 valence electrons. The van der Waals surface area contributed by atoms with Crippen molar-refractivity contribution in [2.75, 3.05) is 0 Å². The summed E-state index contributed by atoms with van der Waals surface area (Å²) in [5.41, 5.74) is 0.304. The normalized spacial score (nSPS) is 12.2. The molecule has 1 atom stereocenters. The van der Waals surface area contributed by atoms with Crippen LogP contribution in [0, 0.1) is 0 Å². The third-order valence-corrected chi connectivity index (χ3v) is 3.79. The van der Waals surface area contributed by atoms with E-state index >= 15 is 0 Å². The smallest absolute Gasteiger partial charge is 0.210 e. The van der Waals surface area contributed by atoms with Gasteiger partial charge in [-0.2, -0.15) is 0 Å². The van der Waals surface area contributed by atoms with Gasteiger partial charge < -0.3 is 4.52 Å². The second-order valence-corrected chi connectivity index (χ2v) is 5.35. The number of hydrogen-bond acceptors (Lipinski definition) is 3. The summed E-state index contributed by atoms with van der Waals surface area (Å²) in [4.78, 5) is 0.859. The Morgan fingerprint density at radius 2 is 1.60 bits per heavy atom. The maximum absolute atomic E-state index is 14.2. The van der Waals surface area contributed by atoms with Gasteiger partial charge in [0, 0.05) is 16.5 Å². The number of nitrogens with zero attached hydrogens (tertiary/aromatic N) is 1. The molecule has 1 heterocycles. The van der Waals surface area contributed by atoms with Gasteiger partial charge in [0.2, 0.25) is 5.50 Å². The molecule has 0 saturated heterocycles. The van der Waals surface area contributed by atoms with Gasteiger partial charge in [-0.05, 0) is 12.1 Å². The van der Waals surface area contributed by atoms with E-state index in [4.69, 9.17) is 4.52 Å². The number of thioether (sulfide) groups is 1. The number of hydrogen-bond donors (Lipinski definition) is 0. The molecule has 2 nitrogen and oxygen atoms in total. The van der Waals surface area contributed by atoms with Crippen LogP contribution in [0.3, 0.4) is 0 Å². The highest BCUT2D eigenvalue weighted by molar-refractivity contribution is 7.99. The topological polar surface area (TPSA) is 26.0 Å². The second-order valence-electron chi connectivity index (χ2n) is 4.23. The zero-order valence-electron chi connectivity index (χ0n) is 10.6. The van der Waals surface area contributed by atoms with E-state index in [1.54, 1.807) is 6.07 Å². The van der Waals surface area contributed by atoms with Gasteiger partial charge in [0.05, 0.1) is 0 Å². The van der Waals surface area contributed by atoms with Crippen LogP contribution in [0.25, 0.3) is 11.3 Å². The highest BCUT2D eigenvalue weighted by atomic mass is 32.2. The average Bonchev–Trinajstić information content (AvgIpc) is 2.99. The molecule has 3 aromatic rings. The average molecular weight is 285 g/mol. The van der Waals surface area contributed by atoms with E-state index in [1.807, 2.05) is 60.7 Å². The van der Waals surface area contributed by atoms with Crippen LogP contribution in [-0.2, 0) is 0 Å². The summed E-state index contributed by atoms with van der Waals surface area (Å²) in [5, 5.41) is 3.92. The van der Waals surface area contributed by atoms with Gasteiger partial charge in [-0.1, -0.05) is 65.4 Å². The predicted octanol–water partition coefficient (Wildman–Crippen LogP) is 5.10. The molecule has 0 aliphatic carbocycles. The second kappa shape index (κ2) is 5.92. The van der Waals surface area contributed by atoms with E-state index < -0.39 is 5.50 Å². The van der Waals surface area contributed by atoms with Crippen LogP contribution in [0.5, 0.6) is 0 Å². The van der Waals surface area contributed by atoms with Crippen molar-refractivity contribution >= 4 is 11.8 Å². The van der Waals surface area contributed by atoms with Gasteiger partial charge in [-0.3, -0.25) is 0 Å². The van der Waals surface area contributed by atoms with Crippen molar-refractivity contribution < 1.29 is 8.91 Å². The van der Waals surface area contributed by atoms with Gasteiger partial charge in [0.15, 0.2) is 5.76 Å². The Kier molecular flexibility index (Phi) is 3.83. The van der Waals surface area contributed by atoms with Gasteiger partial charge in [0.25, 0.3) is 0 Å². The quantitative estimate of drug-likeness (QED) is 0.624. The predicted molar refractivity (Wildman–Crippen MR) is 78.1 cm³/mol. The molecule has 1 aromatic heterocycles. The summed E-state index contributed by atoms with van der Waals surface area (Å²) < 4.78 is 19.3. The zero-order chi connectivity index (χ0) is 13.8. The maximum atomic E-state index is 14.2. The first-order chi connectivity index (χ1) is 9.83. The van der Waals surface area contributed by atoms with E-state index in [1.165, 1.54) is 0 Å². The van der Waals surface area contributed by atoms with Crippen LogP contribution in [0.2, 0.25) is 0 Å². The van der Waals surface area contributed by atoms with Crippen molar-refractivity contribution in [3.63, 3.8) is 0 Å². The Hall–Kier alpha value is -2.07. The minimum absolute atomic E-state index is 0.234. The van der Waals surface area contributed by atoms with Crippen LogP contribution in [0.15, 0.2) is 76.1 Å². The molecule has 4 heteroatoms. The fourth-order valence-corrected chi connectivity index (χ4v) is 2.60. The van der Waals surface area contributed by atoms with E-state index in [-0.39, 0.29) is 5.76 Å². The molecule has 3 rings (SSSR count). The molecule has 0 aliphatic heterocycles. The molecule has 0 saturated carbocycles. The number of alkyl halides is 1. The lowest BCUT2D eigenvalue weighted by molar-refractivity contribution is 0.324. The molecule has 0 fully saturated rings. The van der Waals surface area contributed by atoms with E-state index in [9.17, 15) is 4.39 Å². The van der Waals surface area contributed by atoms with Crippen molar-refractivity contribution in [2.24, 2.45) is 0 Å². The molecule has 0 amide bonds. The first-order valence-corrected chi connectivity index (χ1v) is 7.09. The molecule has 0 radical (unpaired) electrons. The molecule has 0 N–H and O–H groups in total. The van der Waals surface area contributed by atoms with Crippen molar-refractivity contribution in [1.82, 2.24) is 5.16 Å². The lowest BCUT2D eigenvalue weighted by atomic mass is 10.1. The number of rotatable bonds is 4. The third-order valence-electron chi connectivity index (χ3n) is 2.80. The maximum Gasteiger partial charge on any atom is 0.210 e. The van der Waals surface area contributed by atoms with Crippen LogP contribution >= 0.6 is 11.8 Å². The molecule has 1 unspecified atom stereocenters. The largest absolute Gasteiger partial charge is 0.357 e. The van der Waals surface area contributed by atoms with Crippen LogP contribution < -0.4 is 0 Å². The first kappa shape index (κ1) is 12.9. The number of aromatic nitrogens is 1. The Morgan fingerprint density at radius 1 is 0.950 bits per heavy atom. The Bertz CT molecular complexity index is 669. The molecular weight excluding hydrogens is 273 g/mol.